The van der Waals surface area contributed by atoms with Gasteiger partial charge in [0.1, 0.15) is 6.04 Å². The van der Waals surface area contributed by atoms with E-state index >= 15 is 0 Å². The quantitative estimate of drug-likeness (QED) is 0.626. The van der Waals surface area contributed by atoms with Crippen molar-refractivity contribution in [3.63, 3.8) is 0 Å². The van der Waals surface area contributed by atoms with E-state index in [0.29, 0.717) is 40.9 Å². The molecular weight excluding hydrogens is 287 g/mol. The third kappa shape index (κ3) is 4.27. The molecule has 0 amide bonds. The average molecular weight is 305 g/mol. The van der Waals surface area contributed by atoms with Crippen LogP contribution in [-0.4, -0.2) is 18.6 Å². The summed E-state index contributed by atoms with van der Waals surface area (Å²) in [6, 6.07) is 2.96. The van der Waals surface area contributed by atoms with E-state index in [4.69, 9.17) is 33.7 Å². The Bertz CT molecular complexity index is 453. The first kappa shape index (κ1) is 16.1. The van der Waals surface area contributed by atoms with Crippen LogP contribution in [0.15, 0.2) is 12.1 Å². The largest absolute Gasteiger partial charge is 0.465 e. The molecule has 0 saturated carbocycles. The number of ether oxygens (including phenoxy) is 1. The van der Waals surface area contributed by atoms with Crippen LogP contribution < -0.4 is 11.1 Å². The average Bonchev–Trinajstić information content (AvgIpc) is 2.38. The summed E-state index contributed by atoms with van der Waals surface area (Å²) in [6.07, 6.45) is 0.622. The zero-order valence-electron chi connectivity index (χ0n) is 11.0. The van der Waals surface area contributed by atoms with Gasteiger partial charge in [0.15, 0.2) is 0 Å². The lowest BCUT2D eigenvalue weighted by atomic mass is 10.1. The number of rotatable bonds is 6. The fraction of sp³-hybridized carbons (Fsp3) is 0.462. The fourth-order valence-corrected chi connectivity index (χ4v) is 2.07. The molecule has 1 unspecified atom stereocenters. The number of carbonyl (C=O) groups excluding carboxylic acids is 1. The molecule has 0 radical (unpaired) electrons. The Kier molecular flexibility index (Phi) is 6.42. The number of halogens is 2. The zero-order valence-corrected chi connectivity index (χ0v) is 12.5. The van der Waals surface area contributed by atoms with Gasteiger partial charge in [-0.15, -0.1) is 0 Å². The van der Waals surface area contributed by atoms with E-state index in [-0.39, 0.29) is 12.0 Å². The van der Waals surface area contributed by atoms with Crippen LogP contribution in [0.25, 0.3) is 0 Å². The van der Waals surface area contributed by atoms with Crippen LogP contribution >= 0.6 is 23.2 Å². The minimum absolute atomic E-state index is 0.276. The van der Waals surface area contributed by atoms with Crippen molar-refractivity contribution in [3.8, 4) is 0 Å². The number of anilines is 1. The summed E-state index contributed by atoms with van der Waals surface area (Å²) in [7, 11) is 0. The molecule has 0 saturated heterocycles. The Morgan fingerprint density at radius 1 is 1.42 bits per heavy atom. The van der Waals surface area contributed by atoms with Crippen molar-refractivity contribution in [1.82, 2.24) is 5.32 Å². The summed E-state index contributed by atoms with van der Waals surface area (Å²) in [5, 5.41) is 3.93. The number of hydrogen-bond acceptors (Lipinski definition) is 4. The molecule has 106 valence electrons. The number of esters is 1. The molecule has 0 spiro atoms. The van der Waals surface area contributed by atoms with Crippen molar-refractivity contribution >= 4 is 34.9 Å². The van der Waals surface area contributed by atoms with Gasteiger partial charge in [-0.1, -0.05) is 30.1 Å². The fourth-order valence-electron chi connectivity index (χ4n) is 1.65. The van der Waals surface area contributed by atoms with E-state index in [2.05, 4.69) is 5.32 Å². The van der Waals surface area contributed by atoms with Crippen molar-refractivity contribution < 1.29 is 9.53 Å². The molecule has 0 aliphatic heterocycles. The van der Waals surface area contributed by atoms with Crippen molar-refractivity contribution in [2.24, 2.45) is 0 Å². The second-order valence-corrected chi connectivity index (χ2v) is 4.81. The first-order valence-electron chi connectivity index (χ1n) is 6.13. The molecule has 1 rings (SSSR count). The monoisotopic (exact) mass is 304 g/mol. The second-order valence-electron chi connectivity index (χ2n) is 4.02. The molecule has 0 aromatic heterocycles. The standard InChI is InChI=1S/C13H18Cl2N2O2/c1-3-11(13(18)19-4-2)17-7-8-10(16)6-5-9(14)12(8)15/h5-6,11,17H,3-4,7,16H2,1-2H3. The van der Waals surface area contributed by atoms with Gasteiger partial charge in [-0.2, -0.15) is 0 Å². The first-order valence-corrected chi connectivity index (χ1v) is 6.89. The highest BCUT2D eigenvalue weighted by Gasteiger charge is 2.18. The van der Waals surface area contributed by atoms with Crippen molar-refractivity contribution in [2.75, 3.05) is 12.3 Å². The molecule has 19 heavy (non-hydrogen) atoms. The Hall–Kier alpha value is -0.970. The van der Waals surface area contributed by atoms with Crippen LogP contribution in [0.2, 0.25) is 10.0 Å². The van der Waals surface area contributed by atoms with Crippen molar-refractivity contribution in [1.29, 1.82) is 0 Å². The van der Waals surface area contributed by atoms with E-state index in [1.54, 1.807) is 19.1 Å². The van der Waals surface area contributed by atoms with Crippen LogP contribution in [0.1, 0.15) is 25.8 Å². The summed E-state index contributed by atoms with van der Waals surface area (Å²) in [6.45, 7) is 4.40. The molecule has 4 nitrogen and oxygen atoms in total. The summed E-state index contributed by atoms with van der Waals surface area (Å²) in [5.41, 5.74) is 7.09. The predicted octanol–water partition coefficient (Wildman–Crippen LogP) is 3.01. The van der Waals surface area contributed by atoms with Gasteiger partial charge < -0.3 is 15.8 Å². The lowest BCUT2D eigenvalue weighted by Gasteiger charge is -2.17. The Labute approximate surface area is 123 Å². The SMILES string of the molecule is CCOC(=O)C(CC)NCc1c(N)ccc(Cl)c1Cl. The number of nitrogens with one attached hydrogen (secondary N) is 1. The number of hydrogen-bond donors (Lipinski definition) is 2. The lowest BCUT2D eigenvalue weighted by Crippen LogP contribution is -2.37. The Morgan fingerprint density at radius 2 is 2.11 bits per heavy atom. The van der Waals surface area contributed by atoms with Gasteiger partial charge in [-0.3, -0.25) is 4.79 Å². The summed E-state index contributed by atoms with van der Waals surface area (Å²) in [5.74, 6) is -0.276. The number of carbonyl (C=O) groups is 1. The van der Waals surface area contributed by atoms with E-state index in [9.17, 15) is 4.79 Å². The Balaban J connectivity index is 2.75. The highest BCUT2D eigenvalue weighted by molar-refractivity contribution is 6.42. The van der Waals surface area contributed by atoms with Gasteiger partial charge in [0, 0.05) is 17.8 Å². The maximum Gasteiger partial charge on any atom is 0.323 e. The normalized spacial score (nSPS) is 12.2. The zero-order chi connectivity index (χ0) is 14.4. The minimum atomic E-state index is -0.380. The van der Waals surface area contributed by atoms with Crippen LogP contribution in [0.5, 0.6) is 0 Å². The highest BCUT2D eigenvalue weighted by Crippen LogP contribution is 2.30. The molecule has 1 atom stereocenters. The Morgan fingerprint density at radius 3 is 2.68 bits per heavy atom. The van der Waals surface area contributed by atoms with Crippen LogP contribution in [0.3, 0.4) is 0 Å². The summed E-state index contributed by atoms with van der Waals surface area (Å²) < 4.78 is 4.98. The van der Waals surface area contributed by atoms with Crippen LogP contribution in [-0.2, 0) is 16.1 Å². The maximum absolute atomic E-state index is 11.7. The van der Waals surface area contributed by atoms with Crippen LogP contribution in [0.4, 0.5) is 5.69 Å². The van der Waals surface area contributed by atoms with E-state index in [1.165, 1.54) is 0 Å². The maximum atomic E-state index is 11.7. The predicted molar refractivity (Wildman–Crippen MR) is 78.4 cm³/mol. The third-order valence-corrected chi connectivity index (χ3v) is 3.58. The molecule has 1 aromatic rings. The third-order valence-electron chi connectivity index (χ3n) is 2.74. The molecule has 1 aromatic carbocycles. The molecule has 0 fully saturated rings. The number of nitrogens with two attached hydrogens (primary N) is 1. The summed E-state index contributed by atoms with van der Waals surface area (Å²) in [4.78, 5) is 11.7. The van der Waals surface area contributed by atoms with Crippen molar-refractivity contribution in [3.05, 3.63) is 27.7 Å². The van der Waals surface area contributed by atoms with Crippen LogP contribution in [0, 0.1) is 0 Å². The smallest absolute Gasteiger partial charge is 0.323 e. The van der Waals surface area contributed by atoms with Gasteiger partial charge >= 0.3 is 5.97 Å². The van der Waals surface area contributed by atoms with Gasteiger partial charge in [-0.25, -0.2) is 0 Å². The van der Waals surface area contributed by atoms with E-state index in [1.807, 2.05) is 6.92 Å². The number of nitrogen functional groups attached to an aromatic ring is 1. The second kappa shape index (κ2) is 7.58. The molecule has 0 bridgehead atoms. The molecule has 0 heterocycles. The number of benzene rings is 1. The van der Waals surface area contributed by atoms with Gasteiger partial charge in [0.25, 0.3) is 0 Å². The summed E-state index contributed by atoms with van der Waals surface area (Å²) >= 11 is 12.0. The minimum Gasteiger partial charge on any atom is -0.465 e. The molecule has 0 aliphatic rings. The molecule has 6 heteroatoms. The molecule has 0 aliphatic carbocycles. The molecular formula is C13H18Cl2N2O2. The van der Waals surface area contributed by atoms with Crippen molar-refractivity contribution in [2.45, 2.75) is 32.9 Å². The van der Waals surface area contributed by atoms with E-state index in [0.717, 1.165) is 0 Å². The van der Waals surface area contributed by atoms with E-state index < -0.39 is 0 Å². The lowest BCUT2D eigenvalue weighted by molar-refractivity contribution is -0.145. The topological polar surface area (TPSA) is 64.3 Å². The van der Waals surface area contributed by atoms with Gasteiger partial charge in [0.05, 0.1) is 16.7 Å². The van der Waals surface area contributed by atoms with Gasteiger partial charge in [0.2, 0.25) is 0 Å². The van der Waals surface area contributed by atoms with Gasteiger partial charge in [-0.05, 0) is 25.5 Å². The first-order chi connectivity index (χ1) is 9.01. The molecule has 3 N–H and O–H groups in total. The highest BCUT2D eigenvalue weighted by atomic mass is 35.5.